The van der Waals surface area contributed by atoms with Gasteiger partial charge < -0.3 is 4.90 Å². The van der Waals surface area contributed by atoms with Gasteiger partial charge in [-0.15, -0.1) is 5.10 Å². The van der Waals surface area contributed by atoms with E-state index in [1.165, 1.54) is 0 Å². The van der Waals surface area contributed by atoms with Crippen molar-refractivity contribution in [2.45, 2.75) is 39.2 Å². The minimum absolute atomic E-state index is 0.0112. The molecule has 138 valence electrons. The second kappa shape index (κ2) is 6.99. The van der Waals surface area contributed by atoms with Gasteiger partial charge in [-0.25, -0.2) is 9.67 Å². The average molecular weight is 401 g/mol. The third-order valence-corrected chi connectivity index (χ3v) is 5.46. The van der Waals surface area contributed by atoms with Crippen molar-refractivity contribution in [3.8, 4) is 6.07 Å². The third kappa shape index (κ3) is 3.01. The molecule has 1 aliphatic heterocycles. The molecule has 0 saturated carbocycles. The molecule has 6 nitrogen and oxygen atoms in total. The van der Waals surface area contributed by atoms with Crippen LogP contribution in [0, 0.1) is 18.3 Å². The molecule has 3 heterocycles. The van der Waals surface area contributed by atoms with E-state index in [1.54, 1.807) is 6.07 Å². The molecule has 27 heavy (non-hydrogen) atoms. The summed E-state index contributed by atoms with van der Waals surface area (Å²) in [6.07, 6.45) is 2.04. The van der Waals surface area contributed by atoms with E-state index in [0.29, 0.717) is 16.5 Å². The number of anilines is 2. The topological polar surface area (TPSA) is 70.6 Å². The molecular formula is C19H18Cl2N6. The Balaban J connectivity index is 1.88. The van der Waals surface area contributed by atoms with Crippen LogP contribution in [0.4, 0.5) is 11.5 Å². The van der Waals surface area contributed by atoms with Gasteiger partial charge >= 0.3 is 0 Å². The van der Waals surface area contributed by atoms with Crippen molar-refractivity contribution in [2.75, 3.05) is 11.4 Å². The number of hydrogen-bond donors (Lipinski definition) is 0. The van der Waals surface area contributed by atoms with E-state index in [2.05, 4.69) is 21.3 Å². The number of halogens is 2. The zero-order valence-corrected chi connectivity index (χ0v) is 16.6. The molecule has 0 bridgehead atoms. The Morgan fingerprint density at radius 2 is 2.11 bits per heavy atom. The van der Waals surface area contributed by atoms with Crippen LogP contribution in [0.5, 0.6) is 0 Å². The summed E-state index contributed by atoms with van der Waals surface area (Å²) in [5.74, 6) is 0.742. The van der Waals surface area contributed by atoms with Crippen LogP contribution in [0.15, 0.2) is 18.2 Å². The second-order valence-corrected chi connectivity index (χ2v) is 7.55. The Morgan fingerprint density at radius 3 is 2.85 bits per heavy atom. The highest BCUT2D eigenvalue weighted by molar-refractivity contribution is 6.37. The van der Waals surface area contributed by atoms with Crippen molar-refractivity contribution in [1.82, 2.24) is 20.0 Å². The monoisotopic (exact) mass is 400 g/mol. The number of aryl methyl sites for hydroxylation is 1. The number of nitrogens with zero attached hydrogens (tertiary/aromatic N) is 6. The summed E-state index contributed by atoms with van der Waals surface area (Å²) in [5, 5.41) is 19.1. The number of pyridine rings is 1. The van der Waals surface area contributed by atoms with Gasteiger partial charge in [-0.05, 0) is 43.5 Å². The molecule has 0 radical (unpaired) electrons. The zero-order chi connectivity index (χ0) is 19.1. The smallest absolute Gasteiger partial charge is 0.163 e. The van der Waals surface area contributed by atoms with Gasteiger partial charge in [-0.3, -0.25) is 0 Å². The lowest BCUT2D eigenvalue weighted by Crippen LogP contribution is -2.16. The Labute approximate surface area is 167 Å². The first-order valence-electron chi connectivity index (χ1n) is 8.88. The van der Waals surface area contributed by atoms with E-state index in [-0.39, 0.29) is 6.04 Å². The maximum Gasteiger partial charge on any atom is 0.163 e. The first kappa shape index (κ1) is 18.0. The Kier molecular flexibility index (Phi) is 4.67. The van der Waals surface area contributed by atoms with E-state index >= 15 is 0 Å². The fourth-order valence-corrected chi connectivity index (χ4v) is 4.32. The Morgan fingerprint density at radius 1 is 1.30 bits per heavy atom. The first-order chi connectivity index (χ1) is 13.0. The summed E-state index contributed by atoms with van der Waals surface area (Å²) in [6, 6.07) is 7.90. The molecule has 4 rings (SSSR count). The molecule has 1 aromatic carbocycles. The Hall–Kier alpha value is -2.36. The van der Waals surface area contributed by atoms with E-state index < -0.39 is 0 Å². The summed E-state index contributed by atoms with van der Waals surface area (Å²) >= 11 is 12.7. The lowest BCUT2D eigenvalue weighted by molar-refractivity contribution is 0.449. The van der Waals surface area contributed by atoms with Crippen molar-refractivity contribution in [3.05, 3.63) is 39.5 Å². The third-order valence-electron chi connectivity index (χ3n) is 4.95. The lowest BCUT2D eigenvalue weighted by Gasteiger charge is -2.20. The van der Waals surface area contributed by atoms with Crippen LogP contribution in [-0.4, -0.2) is 26.5 Å². The predicted molar refractivity (Wildman–Crippen MR) is 107 cm³/mol. The first-order valence-corrected chi connectivity index (χ1v) is 9.64. The standard InChI is InChI=1S/C19H18Cl2N6/c1-3-14(4-6-22)27-16-8-11(2)23-19(17(16)24-25-27)26-7-5-12-9-13(20)10-15(21)18(12)26/h8-10,14H,3-5,7H2,1-2H3. The van der Waals surface area contributed by atoms with Crippen LogP contribution in [0.1, 0.15) is 37.1 Å². The summed E-state index contributed by atoms with van der Waals surface area (Å²) in [7, 11) is 0. The molecule has 1 atom stereocenters. The number of fused-ring (bicyclic) bond motifs is 2. The SMILES string of the molecule is CCC(CC#N)n1nnc2c(N3CCc4cc(Cl)cc(Cl)c43)nc(C)cc21. The van der Waals surface area contributed by atoms with Gasteiger partial charge in [-0.2, -0.15) is 5.26 Å². The molecule has 2 aromatic heterocycles. The summed E-state index contributed by atoms with van der Waals surface area (Å²) < 4.78 is 1.84. The minimum atomic E-state index is -0.0112. The number of aromatic nitrogens is 4. The fourth-order valence-electron chi connectivity index (χ4n) is 3.68. The van der Waals surface area contributed by atoms with Gasteiger partial charge in [0.2, 0.25) is 0 Å². The van der Waals surface area contributed by atoms with Crippen LogP contribution in [-0.2, 0) is 6.42 Å². The highest BCUT2D eigenvalue weighted by atomic mass is 35.5. The highest BCUT2D eigenvalue weighted by Crippen LogP contribution is 2.42. The molecule has 0 N–H and O–H groups in total. The molecule has 0 aliphatic carbocycles. The van der Waals surface area contributed by atoms with Crippen LogP contribution in [0.25, 0.3) is 11.0 Å². The number of benzene rings is 1. The average Bonchev–Trinajstić information content (AvgIpc) is 3.23. The number of nitriles is 1. The van der Waals surface area contributed by atoms with Crippen molar-refractivity contribution >= 4 is 45.7 Å². The van der Waals surface area contributed by atoms with E-state index in [1.807, 2.05) is 30.7 Å². The molecular weight excluding hydrogens is 383 g/mol. The van der Waals surface area contributed by atoms with Gasteiger partial charge in [0.15, 0.2) is 11.3 Å². The van der Waals surface area contributed by atoms with Crippen molar-refractivity contribution in [2.24, 2.45) is 0 Å². The molecule has 1 aliphatic rings. The van der Waals surface area contributed by atoms with Gasteiger partial charge in [0.05, 0.1) is 34.8 Å². The molecule has 1 unspecified atom stereocenters. The largest absolute Gasteiger partial charge is 0.323 e. The van der Waals surface area contributed by atoms with Gasteiger partial charge in [0.25, 0.3) is 0 Å². The minimum Gasteiger partial charge on any atom is -0.323 e. The van der Waals surface area contributed by atoms with Crippen molar-refractivity contribution < 1.29 is 0 Å². The number of rotatable bonds is 4. The lowest BCUT2D eigenvalue weighted by atomic mass is 10.1. The quantitative estimate of drug-likeness (QED) is 0.615. The van der Waals surface area contributed by atoms with Crippen LogP contribution in [0.2, 0.25) is 10.0 Å². The summed E-state index contributed by atoms with van der Waals surface area (Å²) in [5.41, 5.74) is 4.51. The predicted octanol–water partition coefficient (Wildman–Crippen LogP) is 5.00. The second-order valence-electron chi connectivity index (χ2n) is 6.71. The molecule has 8 heteroatoms. The molecule has 3 aromatic rings. The van der Waals surface area contributed by atoms with Crippen molar-refractivity contribution in [1.29, 1.82) is 5.26 Å². The normalized spacial score (nSPS) is 14.4. The van der Waals surface area contributed by atoms with Gasteiger partial charge in [-0.1, -0.05) is 35.3 Å². The molecule has 0 spiro atoms. The number of hydrogen-bond acceptors (Lipinski definition) is 5. The zero-order valence-electron chi connectivity index (χ0n) is 15.1. The van der Waals surface area contributed by atoms with E-state index in [9.17, 15) is 0 Å². The van der Waals surface area contributed by atoms with Crippen molar-refractivity contribution in [3.63, 3.8) is 0 Å². The highest BCUT2D eigenvalue weighted by Gasteiger charge is 2.28. The van der Waals surface area contributed by atoms with E-state index in [0.717, 1.165) is 53.2 Å². The van der Waals surface area contributed by atoms with Crippen LogP contribution in [0.3, 0.4) is 0 Å². The maximum atomic E-state index is 9.13. The van der Waals surface area contributed by atoms with Gasteiger partial charge in [0.1, 0.15) is 0 Å². The van der Waals surface area contributed by atoms with Crippen LogP contribution >= 0.6 is 23.2 Å². The van der Waals surface area contributed by atoms with Gasteiger partial charge in [0, 0.05) is 17.3 Å². The molecule has 0 amide bonds. The summed E-state index contributed by atoms with van der Waals surface area (Å²) in [6.45, 7) is 4.75. The van der Waals surface area contributed by atoms with Crippen LogP contribution < -0.4 is 4.90 Å². The fraction of sp³-hybridized carbons (Fsp3) is 0.368. The summed E-state index contributed by atoms with van der Waals surface area (Å²) in [4.78, 5) is 6.83. The Bertz CT molecular complexity index is 1070. The maximum absolute atomic E-state index is 9.13. The molecule has 0 saturated heterocycles. The van der Waals surface area contributed by atoms with E-state index in [4.69, 9.17) is 33.4 Å². The molecule has 0 fully saturated rings.